The molecule has 0 saturated carbocycles. The quantitative estimate of drug-likeness (QED) is 0.464. The van der Waals surface area contributed by atoms with Gasteiger partial charge in [-0.3, -0.25) is 4.98 Å². The molecule has 0 aliphatic carbocycles. The monoisotopic (exact) mass is 431 g/mol. The summed E-state index contributed by atoms with van der Waals surface area (Å²) in [5.41, 5.74) is 3.30. The number of halogens is 1. The Hall–Kier alpha value is -1.21. The number of phosphoric acid groups is 1. The second-order valence-electron chi connectivity index (χ2n) is 6.71. The van der Waals surface area contributed by atoms with Crippen LogP contribution in [0.3, 0.4) is 0 Å². The van der Waals surface area contributed by atoms with Crippen molar-refractivity contribution in [2.75, 3.05) is 25.0 Å². The van der Waals surface area contributed by atoms with Crippen LogP contribution in [0.1, 0.15) is 39.2 Å². The van der Waals surface area contributed by atoms with Gasteiger partial charge in [0.1, 0.15) is 0 Å². The van der Waals surface area contributed by atoms with E-state index in [-0.39, 0.29) is 0 Å². The van der Waals surface area contributed by atoms with E-state index in [4.69, 9.17) is 30.8 Å². The Kier molecular flexibility index (Phi) is 10.4. The predicted molar refractivity (Wildman–Crippen MR) is 116 cm³/mol. The third-order valence-electron chi connectivity index (χ3n) is 4.42. The first-order chi connectivity index (χ1) is 13.0. The third kappa shape index (κ3) is 9.32. The maximum absolute atomic E-state index is 8.88. The van der Waals surface area contributed by atoms with Crippen LogP contribution < -0.4 is 5.32 Å². The zero-order chi connectivity index (χ0) is 21.3. The van der Waals surface area contributed by atoms with Crippen LogP contribution in [-0.2, 0) is 4.57 Å². The summed E-state index contributed by atoms with van der Waals surface area (Å²) < 4.78 is 8.88. The van der Waals surface area contributed by atoms with Gasteiger partial charge in [0, 0.05) is 28.3 Å². The van der Waals surface area contributed by atoms with Crippen LogP contribution in [0.5, 0.6) is 0 Å². The molecule has 158 valence electrons. The molecule has 0 fully saturated rings. The maximum Gasteiger partial charge on any atom is 0.466 e. The number of hydrogen-bond acceptors (Lipinski definition) is 4. The maximum atomic E-state index is 8.88. The molecule has 2 aromatic rings. The number of aryl methyl sites for hydroxylation is 1. The van der Waals surface area contributed by atoms with Crippen molar-refractivity contribution in [3.8, 4) is 0 Å². The number of anilines is 1. The Morgan fingerprint density at radius 3 is 2.43 bits per heavy atom. The average Bonchev–Trinajstić information content (AvgIpc) is 2.60. The van der Waals surface area contributed by atoms with E-state index in [2.05, 4.69) is 49.0 Å². The van der Waals surface area contributed by atoms with Gasteiger partial charge in [-0.1, -0.05) is 25.4 Å². The summed E-state index contributed by atoms with van der Waals surface area (Å²) in [6.07, 6.45) is 4.29. The van der Waals surface area contributed by atoms with Gasteiger partial charge in [0.25, 0.3) is 0 Å². The smallest absolute Gasteiger partial charge is 0.382 e. The van der Waals surface area contributed by atoms with Crippen LogP contribution in [0, 0.1) is 6.92 Å². The molecule has 0 saturated heterocycles. The Labute approximate surface area is 172 Å². The number of nitrogens with zero attached hydrogens (tertiary/aromatic N) is 2. The van der Waals surface area contributed by atoms with Crippen LogP contribution in [-0.4, -0.2) is 50.2 Å². The van der Waals surface area contributed by atoms with Crippen molar-refractivity contribution in [3.63, 3.8) is 0 Å². The van der Waals surface area contributed by atoms with Gasteiger partial charge in [-0.25, -0.2) is 4.57 Å². The molecule has 0 aliphatic heterocycles. The van der Waals surface area contributed by atoms with Gasteiger partial charge >= 0.3 is 7.82 Å². The Bertz CT molecular complexity index is 788. The highest BCUT2D eigenvalue weighted by Gasteiger charge is 2.10. The van der Waals surface area contributed by atoms with Gasteiger partial charge in [-0.2, -0.15) is 0 Å². The molecule has 4 N–H and O–H groups in total. The summed E-state index contributed by atoms with van der Waals surface area (Å²) in [4.78, 5) is 28.5. The molecule has 1 atom stereocenters. The minimum Gasteiger partial charge on any atom is -0.382 e. The zero-order valence-electron chi connectivity index (χ0n) is 16.9. The molecule has 28 heavy (non-hydrogen) atoms. The lowest BCUT2D eigenvalue weighted by atomic mass is 10.1. The van der Waals surface area contributed by atoms with Crippen molar-refractivity contribution in [2.24, 2.45) is 0 Å². The molecule has 2 rings (SSSR count). The molecular weight excluding hydrogens is 401 g/mol. The SMILES string of the molecule is CCN(CC)CCCC(C)Nc1c(C)cnc2cc(Cl)ccc12.O=P(O)(O)O. The number of pyridine rings is 1. The van der Waals surface area contributed by atoms with E-state index in [9.17, 15) is 0 Å². The molecule has 0 bridgehead atoms. The average molecular weight is 432 g/mol. The number of fused-ring (bicyclic) bond motifs is 1. The molecule has 1 aromatic heterocycles. The van der Waals surface area contributed by atoms with Crippen molar-refractivity contribution in [1.82, 2.24) is 9.88 Å². The van der Waals surface area contributed by atoms with Gasteiger partial charge in [0.2, 0.25) is 0 Å². The van der Waals surface area contributed by atoms with Crippen LogP contribution in [0.2, 0.25) is 5.02 Å². The van der Waals surface area contributed by atoms with Crippen LogP contribution in [0.4, 0.5) is 5.69 Å². The summed E-state index contributed by atoms with van der Waals surface area (Å²) in [5.74, 6) is 0. The molecule has 7 nitrogen and oxygen atoms in total. The fourth-order valence-corrected chi connectivity index (χ4v) is 3.10. The van der Waals surface area contributed by atoms with Crippen molar-refractivity contribution >= 4 is 36.0 Å². The largest absolute Gasteiger partial charge is 0.466 e. The van der Waals surface area contributed by atoms with E-state index < -0.39 is 7.82 Å². The van der Waals surface area contributed by atoms with Crippen LogP contribution >= 0.6 is 19.4 Å². The van der Waals surface area contributed by atoms with E-state index in [1.165, 1.54) is 24.2 Å². The lowest BCUT2D eigenvalue weighted by molar-refractivity contribution is 0.275. The van der Waals surface area contributed by atoms with E-state index in [0.29, 0.717) is 6.04 Å². The summed E-state index contributed by atoms with van der Waals surface area (Å²) >= 11 is 6.08. The highest BCUT2D eigenvalue weighted by molar-refractivity contribution is 7.45. The molecule has 0 radical (unpaired) electrons. The van der Waals surface area contributed by atoms with Crippen LogP contribution in [0.25, 0.3) is 10.9 Å². The zero-order valence-corrected chi connectivity index (χ0v) is 18.5. The van der Waals surface area contributed by atoms with Crippen molar-refractivity contribution in [2.45, 2.75) is 46.6 Å². The van der Waals surface area contributed by atoms with Crippen LogP contribution in [0.15, 0.2) is 24.4 Å². The second kappa shape index (κ2) is 11.7. The topological polar surface area (TPSA) is 106 Å². The van der Waals surface area contributed by atoms with Gasteiger partial charge < -0.3 is 24.9 Å². The minimum atomic E-state index is -4.64. The lowest BCUT2D eigenvalue weighted by Crippen LogP contribution is -2.25. The number of benzene rings is 1. The van der Waals surface area contributed by atoms with Gasteiger partial charge in [0.15, 0.2) is 0 Å². The molecule has 1 unspecified atom stereocenters. The first-order valence-electron chi connectivity index (χ1n) is 9.37. The molecule has 0 aliphatic rings. The standard InChI is InChI=1S/C19H28ClN3.H3O4P/c1-5-23(6-2)11-7-8-15(4)22-19-14(3)13-21-18-12-16(20)9-10-17(18)19;1-5(2,3)4/h9-10,12-13,15H,5-8,11H2,1-4H3,(H,21,22);(H3,1,2,3,4). The Morgan fingerprint density at radius 2 is 1.86 bits per heavy atom. The molecular formula is C19H31ClN3O4P. The Balaban J connectivity index is 0.000000696. The van der Waals surface area contributed by atoms with E-state index in [1.807, 2.05) is 18.3 Å². The molecule has 0 spiro atoms. The van der Waals surface area contributed by atoms with E-state index in [1.54, 1.807) is 0 Å². The van der Waals surface area contributed by atoms with E-state index >= 15 is 0 Å². The highest BCUT2D eigenvalue weighted by Crippen LogP contribution is 2.28. The normalized spacial score (nSPS) is 12.6. The van der Waals surface area contributed by atoms with Crippen molar-refractivity contribution in [1.29, 1.82) is 0 Å². The first-order valence-corrected chi connectivity index (χ1v) is 11.3. The summed E-state index contributed by atoms with van der Waals surface area (Å²) in [6, 6.07) is 6.35. The molecule has 1 heterocycles. The van der Waals surface area contributed by atoms with Crippen molar-refractivity contribution in [3.05, 3.63) is 35.0 Å². The lowest BCUT2D eigenvalue weighted by Gasteiger charge is -2.21. The molecule has 0 amide bonds. The van der Waals surface area contributed by atoms with Gasteiger partial charge in [0.05, 0.1) is 5.52 Å². The fraction of sp³-hybridized carbons (Fsp3) is 0.526. The third-order valence-corrected chi connectivity index (χ3v) is 4.65. The molecule has 1 aromatic carbocycles. The summed E-state index contributed by atoms with van der Waals surface area (Å²) in [7, 11) is -4.64. The number of hydrogen-bond donors (Lipinski definition) is 4. The summed E-state index contributed by atoms with van der Waals surface area (Å²) in [5, 5.41) is 5.55. The number of nitrogens with one attached hydrogen (secondary N) is 1. The highest BCUT2D eigenvalue weighted by atomic mass is 35.5. The predicted octanol–water partition coefficient (Wildman–Crippen LogP) is 4.19. The Morgan fingerprint density at radius 1 is 1.25 bits per heavy atom. The van der Waals surface area contributed by atoms with Gasteiger partial charge in [-0.05, 0) is 70.1 Å². The second-order valence-corrected chi connectivity index (χ2v) is 8.17. The van der Waals surface area contributed by atoms with E-state index in [0.717, 1.165) is 35.4 Å². The number of aromatic nitrogens is 1. The summed E-state index contributed by atoms with van der Waals surface area (Å²) in [6.45, 7) is 12.2. The molecule has 9 heteroatoms. The fourth-order valence-electron chi connectivity index (χ4n) is 2.94. The van der Waals surface area contributed by atoms with Crippen molar-refractivity contribution < 1.29 is 19.2 Å². The minimum absolute atomic E-state index is 0.436. The van der Waals surface area contributed by atoms with Gasteiger partial charge in [-0.15, -0.1) is 0 Å². The first kappa shape index (κ1) is 24.8. The number of rotatable bonds is 8.